The molecule has 1 heterocycles. The van der Waals surface area contributed by atoms with E-state index in [1.165, 1.54) is 0 Å². The molecule has 0 radical (unpaired) electrons. The quantitative estimate of drug-likeness (QED) is 0.517. The van der Waals surface area contributed by atoms with Gasteiger partial charge in [-0.1, -0.05) is 42.8 Å². The number of sulfonamides is 1. The number of aromatic nitrogens is 1. The van der Waals surface area contributed by atoms with E-state index in [2.05, 4.69) is 21.1 Å². The summed E-state index contributed by atoms with van der Waals surface area (Å²) >= 11 is 6.10. The van der Waals surface area contributed by atoms with Crippen LogP contribution in [0.1, 0.15) is 25.8 Å². The third-order valence-electron chi connectivity index (χ3n) is 4.97. The second kappa shape index (κ2) is 7.94. The third kappa shape index (κ3) is 4.16. The first-order valence-electron chi connectivity index (χ1n) is 9.11. The summed E-state index contributed by atoms with van der Waals surface area (Å²) in [5.41, 5.74) is 2.34. The highest BCUT2D eigenvalue weighted by Gasteiger charge is 2.31. The molecule has 150 valence electrons. The van der Waals surface area contributed by atoms with Crippen molar-refractivity contribution < 1.29 is 8.42 Å². The zero-order chi connectivity index (χ0) is 21.2. The van der Waals surface area contributed by atoms with Gasteiger partial charge in [-0.25, -0.2) is 13.3 Å². The van der Waals surface area contributed by atoms with Crippen LogP contribution in [0.25, 0.3) is 15.7 Å². The minimum Gasteiger partial charge on any atom is -0.335 e. The van der Waals surface area contributed by atoms with Crippen LogP contribution in [0.3, 0.4) is 0 Å². The maximum atomic E-state index is 11.8. The molecule has 2 aromatic carbocycles. The van der Waals surface area contributed by atoms with Gasteiger partial charge < -0.3 is 4.57 Å². The Morgan fingerprint density at radius 3 is 2.52 bits per heavy atom. The molecule has 29 heavy (non-hydrogen) atoms. The zero-order valence-corrected chi connectivity index (χ0v) is 18.1. The third-order valence-corrected chi connectivity index (χ3v) is 5.81. The van der Waals surface area contributed by atoms with Gasteiger partial charge in [-0.3, -0.25) is 4.72 Å². The minimum absolute atomic E-state index is 0.524. The summed E-state index contributed by atoms with van der Waals surface area (Å²) in [5.74, 6) is 0. The average molecular weight is 428 g/mol. The molecule has 0 aliphatic rings. The van der Waals surface area contributed by atoms with Gasteiger partial charge >= 0.3 is 0 Å². The number of halogens is 1. The van der Waals surface area contributed by atoms with E-state index in [0.29, 0.717) is 22.8 Å². The van der Waals surface area contributed by atoms with Crippen molar-refractivity contribution in [3.05, 3.63) is 88.5 Å². The Labute approximate surface area is 176 Å². The predicted molar refractivity (Wildman–Crippen MR) is 120 cm³/mol. The van der Waals surface area contributed by atoms with Crippen molar-refractivity contribution in [1.29, 1.82) is 0 Å². The first-order valence-corrected chi connectivity index (χ1v) is 11.4. The molecule has 3 rings (SSSR count). The Kier molecular flexibility index (Phi) is 5.74. The number of fused-ring (bicyclic) bond motifs is 1. The molecule has 0 spiro atoms. The van der Waals surface area contributed by atoms with E-state index in [-0.39, 0.29) is 0 Å². The van der Waals surface area contributed by atoms with Crippen molar-refractivity contribution in [2.24, 2.45) is 0 Å². The normalized spacial score (nSPS) is 14.4. The van der Waals surface area contributed by atoms with E-state index in [0.717, 1.165) is 22.7 Å². The molecular weight excluding hydrogens is 406 g/mol. The van der Waals surface area contributed by atoms with E-state index in [1.807, 2.05) is 54.7 Å². The number of allylic oxidation sites excluding steroid dienone is 2. The predicted octanol–water partition coefficient (Wildman–Crippen LogP) is 5.64. The highest BCUT2D eigenvalue weighted by atomic mass is 35.5. The lowest BCUT2D eigenvalue weighted by molar-refractivity contribution is 0.444. The molecule has 0 fully saturated rings. The Hall–Kier alpha value is -2.75. The SMILES string of the molecule is [C-]#[N+]C(C)=CC(CC)(c1ccc(Cl)cc1)n1ccc2c(NS(C)(=O)=O)cccc21. The molecule has 7 heteroatoms. The second-order valence-electron chi connectivity index (χ2n) is 6.98. The number of hydrogen-bond donors (Lipinski definition) is 1. The van der Waals surface area contributed by atoms with E-state index >= 15 is 0 Å². The molecule has 0 saturated heterocycles. The molecule has 1 N–H and O–H groups in total. The fraction of sp³-hybridized carbons (Fsp3) is 0.227. The summed E-state index contributed by atoms with van der Waals surface area (Å²) in [6.07, 6.45) is 5.72. The number of nitrogens with zero attached hydrogens (tertiary/aromatic N) is 2. The molecule has 0 aliphatic carbocycles. The lowest BCUT2D eigenvalue weighted by atomic mass is 9.85. The van der Waals surface area contributed by atoms with Gasteiger partial charge in [-0.15, -0.1) is 0 Å². The van der Waals surface area contributed by atoms with Crippen LogP contribution in [-0.2, 0) is 15.6 Å². The summed E-state index contributed by atoms with van der Waals surface area (Å²) in [4.78, 5) is 3.60. The fourth-order valence-corrected chi connectivity index (χ4v) is 4.39. The minimum atomic E-state index is -3.41. The smallest absolute Gasteiger partial charge is 0.229 e. The molecule has 0 amide bonds. The monoisotopic (exact) mass is 427 g/mol. The van der Waals surface area contributed by atoms with E-state index in [4.69, 9.17) is 18.2 Å². The van der Waals surface area contributed by atoms with E-state index in [9.17, 15) is 8.42 Å². The van der Waals surface area contributed by atoms with E-state index < -0.39 is 15.6 Å². The maximum absolute atomic E-state index is 11.8. The van der Waals surface area contributed by atoms with Gasteiger partial charge in [0, 0.05) is 16.6 Å². The Morgan fingerprint density at radius 1 is 1.24 bits per heavy atom. The fourth-order valence-electron chi connectivity index (χ4n) is 3.69. The standard InChI is InChI=1S/C22H22ClN3O2S/c1-5-22(15-16(2)24-3,17-9-11-18(23)12-10-17)26-14-13-19-20(25-29(4,27)28)7-6-8-21(19)26/h6-15,25H,5H2,1-2,4H3. The van der Waals surface area contributed by atoms with Gasteiger partial charge in [0.2, 0.25) is 10.0 Å². The lowest BCUT2D eigenvalue weighted by Crippen LogP contribution is -2.32. The van der Waals surface area contributed by atoms with Crippen LogP contribution >= 0.6 is 11.6 Å². The maximum Gasteiger partial charge on any atom is 0.229 e. The van der Waals surface area contributed by atoms with Crippen LogP contribution in [0.2, 0.25) is 5.02 Å². The summed E-state index contributed by atoms with van der Waals surface area (Å²) < 4.78 is 28.2. The zero-order valence-electron chi connectivity index (χ0n) is 16.5. The molecule has 1 aromatic heterocycles. The Balaban J connectivity index is 2.32. The largest absolute Gasteiger partial charge is 0.335 e. The van der Waals surface area contributed by atoms with Crippen molar-refractivity contribution >= 4 is 38.2 Å². The van der Waals surface area contributed by atoms with Crippen LogP contribution in [0.4, 0.5) is 5.69 Å². The van der Waals surface area contributed by atoms with Crippen LogP contribution < -0.4 is 4.72 Å². The number of benzene rings is 2. The highest BCUT2D eigenvalue weighted by Crippen LogP contribution is 2.38. The van der Waals surface area contributed by atoms with Gasteiger partial charge in [0.25, 0.3) is 0 Å². The molecule has 1 atom stereocenters. The summed E-state index contributed by atoms with van der Waals surface area (Å²) in [6.45, 7) is 11.3. The molecule has 0 bridgehead atoms. The number of rotatable bonds is 6. The number of hydrogen-bond acceptors (Lipinski definition) is 2. The first kappa shape index (κ1) is 21.0. The van der Waals surface area contributed by atoms with Gasteiger partial charge in [0.1, 0.15) is 0 Å². The average Bonchev–Trinajstić information content (AvgIpc) is 3.11. The van der Waals surface area contributed by atoms with E-state index in [1.54, 1.807) is 13.0 Å². The second-order valence-corrected chi connectivity index (χ2v) is 9.17. The molecule has 0 saturated carbocycles. The van der Waals surface area contributed by atoms with Gasteiger partial charge in [-0.2, -0.15) is 0 Å². The molecule has 1 unspecified atom stereocenters. The van der Waals surface area contributed by atoms with Crippen LogP contribution in [0, 0.1) is 6.57 Å². The molecular formula is C22H22ClN3O2S. The highest BCUT2D eigenvalue weighted by molar-refractivity contribution is 7.92. The Morgan fingerprint density at radius 2 is 1.93 bits per heavy atom. The topological polar surface area (TPSA) is 55.5 Å². The van der Waals surface area contributed by atoms with Gasteiger partial charge in [-0.05, 0) is 49.2 Å². The van der Waals surface area contributed by atoms with Crippen molar-refractivity contribution in [1.82, 2.24) is 4.57 Å². The summed E-state index contributed by atoms with van der Waals surface area (Å²) in [7, 11) is -3.41. The number of nitrogens with one attached hydrogen (secondary N) is 1. The van der Waals surface area contributed by atoms with Crippen molar-refractivity contribution in [2.75, 3.05) is 11.0 Å². The van der Waals surface area contributed by atoms with Crippen molar-refractivity contribution in [2.45, 2.75) is 25.8 Å². The summed E-state index contributed by atoms with van der Waals surface area (Å²) in [5, 5.41) is 1.43. The van der Waals surface area contributed by atoms with Crippen molar-refractivity contribution in [3.8, 4) is 0 Å². The van der Waals surface area contributed by atoms with Crippen LogP contribution in [-0.4, -0.2) is 19.2 Å². The number of anilines is 1. The molecule has 5 nitrogen and oxygen atoms in total. The van der Waals surface area contributed by atoms with Crippen LogP contribution in [0.5, 0.6) is 0 Å². The van der Waals surface area contributed by atoms with Gasteiger partial charge in [0.15, 0.2) is 5.70 Å². The molecule has 0 aliphatic heterocycles. The van der Waals surface area contributed by atoms with Crippen molar-refractivity contribution in [3.63, 3.8) is 0 Å². The van der Waals surface area contributed by atoms with Crippen LogP contribution in [0.15, 0.2) is 66.5 Å². The molecule has 3 aromatic rings. The van der Waals surface area contributed by atoms with Gasteiger partial charge in [0.05, 0.1) is 29.6 Å². The summed E-state index contributed by atoms with van der Waals surface area (Å²) in [6, 6.07) is 15.0. The lowest BCUT2D eigenvalue weighted by Gasteiger charge is -2.34. The first-order chi connectivity index (χ1) is 13.7. The Bertz CT molecular complexity index is 1220.